The molecule has 19 heavy (non-hydrogen) atoms. The highest BCUT2D eigenvalue weighted by Crippen LogP contribution is 2.29. The van der Waals surface area contributed by atoms with Gasteiger partial charge in [0.2, 0.25) is 0 Å². The summed E-state index contributed by atoms with van der Waals surface area (Å²) in [5, 5.41) is 0. The van der Waals surface area contributed by atoms with Crippen LogP contribution in [-0.2, 0) is 9.53 Å². The Kier molecular flexibility index (Phi) is 4.97. The molecule has 0 fully saturated rings. The number of ether oxygens (including phenoxy) is 2. The van der Waals surface area contributed by atoms with Crippen LogP contribution in [0.5, 0.6) is 5.75 Å². The Morgan fingerprint density at radius 1 is 1.26 bits per heavy atom. The second kappa shape index (κ2) is 6.26. The van der Waals surface area contributed by atoms with Crippen LogP contribution in [-0.4, -0.2) is 25.9 Å². The van der Waals surface area contributed by atoms with Crippen molar-refractivity contribution in [3.8, 4) is 5.75 Å². The first-order valence-corrected chi connectivity index (χ1v) is 5.48. The third-order valence-electron chi connectivity index (χ3n) is 2.23. The van der Waals surface area contributed by atoms with Crippen molar-refractivity contribution in [3.05, 3.63) is 35.4 Å². The molecule has 3 nitrogen and oxygen atoms in total. The summed E-state index contributed by atoms with van der Waals surface area (Å²) in [5.74, 6) is -0.868. The quantitative estimate of drug-likeness (QED) is 0.624. The van der Waals surface area contributed by atoms with Crippen molar-refractivity contribution in [3.63, 3.8) is 0 Å². The van der Waals surface area contributed by atoms with Gasteiger partial charge in [0.25, 0.3) is 0 Å². The number of esters is 1. The molecule has 0 saturated heterocycles. The Morgan fingerprint density at radius 2 is 1.84 bits per heavy atom. The van der Waals surface area contributed by atoms with E-state index < -0.39 is 17.7 Å². The van der Waals surface area contributed by atoms with Gasteiger partial charge in [-0.2, -0.15) is 13.2 Å². The van der Waals surface area contributed by atoms with E-state index >= 15 is 0 Å². The molecule has 0 aliphatic rings. The molecular weight excluding hydrogens is 261 g/mol. The Balaban J connectivity index is 3.08. The molecule has 0 bridgehead atoms. The average Bonchev–Trinajstić information content (AvgIpc) is 2.35. The molecule has 1 rings (SSSR count). The topological polar surface area (TPSA) is 35.5 Å². The van der Waals surface area contributed by atoms with Crippen molar-refractivity contribution < 1.29 is 27.4 Å². The number of alkyl halides is 3. The van der Waals surface area contributed by atoms with Crippen molar-refractivity contribution in [2.45, 2.75) is 13.1 Å². The van der Waals surface area contributed by atoms with E-state index in [9.17, 15) is 18.0 Å². The Bertz CT molecular complexity index is 461. The van der Waals surface area contributed by atoms with Gasteiger partial charge in [-0.1, -0.05) is 12.1 Å². The van der Waals surface area contributed by atoms with Crippen molar-refractivity contribution in [2.75, 3.05) is 13.7 Å². The molecule has 0 heterocycles. The monoisotopic (exact) mass is 274 g/mol. The summed E-state index contributed by atoms with van der Waals surface area (Å²) < 4.78 is 47.5. The summed E-state index contributed by atoms with van der Waals surface area (Å²) in [7, 11) is 1.45. The van der Waals surface area contributed by atoms with Gasteiger partial charge in [-0.3, -0.25) is 0 Å². The van der Waals surface area contributed by atoms with Gasteiger partial charge < -0.3 is 9.47 Å². The molecule has 0 amide bonds. The minimum absolute atomic E-state index is 0.116. The molecule has 0 radical (unpaired) electrons. The first kappa shape index (κ1) is 15.1. The fourth-order valence-electron chi connectivity index (χ4n) is 1.33. The van der Waals surface area contributed by atoms with Crippen LogP contribution in [0.1, 0.15) is 12.5 Å². The van der Waals surface area contributed by atoms with Crippen LogP contribution in [0.15, 0.2) is 29.8 Å². The van der Waals surface area contributed by atoms with E-state index in [4.69, 9.17) is 4.74 Å². The van der Waals surface area contributed by atoms with Gasteiger partial charge in [0, 0.05) is 0 Å². The van der Waals surface area contributed by atoms with E-state index in [0.29, 0.717) is 5.75 Å². The highest BCUT2D eigenvalue weighted by molar-refractivity contribution is 5.95. The largest absolute Gasteiger partial charge is 0.497 e. The number of rotatable bonds is 4. The summed E-state index contributed by atoms with van der Waals surface area (Å²) in [6.07, 6.45) is -4.01. The van der Waals surface area contributed by atoms with E-state index in [0.717, 1.165) is 6.08 Å². The number of hydrogen-bond donors (Lipinski definition) is 0. The van der Waals surface area contributed by atoms with E-state index in [2.05, 4.69) is 4.74 Å². The van der Waals surface area contributed by atoms with E-state index in [1.54, 1.807) is 0 Å². The van der Waals surface area contributed by atoms with Crippen LogP contribution < -0.4 is 4.74 Å². The highest BCUT2D eigenvalue weighted by atomic mass is 19.4. The molecule has 0 aliphatic carbocycles. The molecule has 0 atom stereocenters. The normalized spacial score (nSPS) is 12.2. The van der Waals surface area contributed by atoms with Gasteiger partial charge in [0.1, 0.15) is 11.3 Å². The predicted molar refractivity (Wildman–Crippen MR) is 63.7 cm³/mol. The molecule has 104 valence electrons. The molecule has 0 unspecified atom stereocenters. The Morgan fingerprint density at radius 3 is 2.26 bits per heavy atom. The van der Waals surface area contributed by atoms with Crippen molar-refractivity contribution in [2.24, 2.45) is 0 Å². The van der Waals surface area contributed by atoms with Crippen molar-refractivity contribution >= 4 is 12.0 Å². The third-order valence-corrected chi connectivity index (χ3v) is 2.23. The maximum atomic E-state index is 12.7. The molecule has 0 saturated carbocycles. The Hall–Kier alpha value is -1.98. The Labute approximate surface area is 108 Å². The smallest absolute Gasteiger partial charge is 0.423 e. The van der Waals surface area contributed by atoms with Crippen LogP contribution in [0.2, 0.25) is 0 Å². The molecule has 0 aromatic heterocycles. The molecule has 1 aromatic rings. The zero-order valence-corrected chi connectivity index (χ0v) is 10.5. The number of carbonyl (C=O) groups excluding carboxylic acids is 1. The highest BCUT2D eigenvalue weighted by Gasteiger charge is 2.39. The van der Waals surface area contributed by atoms with E-state index in [-0.39, 0.29) is 12.2 Å². The number of carbonyl (C=O) groups is 1. The lowest BCUT2D eigenvalue weighted by Crippen LogP contribution is -2.22. The molecule has 6 heteroatoms. The molecule has 0 aliphatic heterocycles. The fourth-order valence-corrected chi connectivity index (χ4v) is 1.33. The van der Waals surface area contributed by atoms with Crippen molar-refractivity contribution in [1.82, 2.24) is 0 Å². The lowest BCUT2D eigenvalue weighted by atomic mass is 10.1. The number of halogens is 3. The zero-order valence-electron chi connectivity index (χ0n) is 10.5. The van der Waals surface area contributed by atoms with Crippen molar-refractivity contribution in [1.29, 1.82) is 0 Å². The fraction of sp³-hybridized carbons (Fsp3) is 0.308. The molecule has 1 aromatic carbocycles. The third kappa shape index (κ3) is 4.31. The van der Waals surface area contributed by atoms with Crippen LogP contribution in [0.4, 0.5) is 13.2 Å². The first-order chi connectivity index (χ1) is 8.88. The van der Waals surface area contributed by atoms with E-state index in [1.807, 2.05) is 0 Å². The number of hydrogen-bond acceptors (Lipinski definition) is 3. The maximum Gasteiger partial charge on any atom is 0.423 e. The van der Waals surface area contributed by atoms with Crippen LogP contribution in [0.3, 0.4) is 0 Å². The summed E-state index contributed by atoms with van der Waals surface area (Å²) in [6.45, 7) is 1.33. The first-order valence-electron chi connectivity index (χ1n) is 5.48. The number of methoxy groups -OCH3 is 1. The molecular formula is C13H13F3O3. The van der Waals surface area contributed by atoms with E-state index in [1.165, 1.54) is 38.3 Å². The standard InChI is InChI=1S/C13H13F3O3/c1-3-19-12(17)11(13(14,15)16)8-9-4-6-10(18-2)7-5-9/h4-8H,3H2,1-2H3. The van der Waals surface area contributed by atoms with Gasteiger partial charge in [-0.05, 0) is 30.7 Å². The minimum Gasteiger partial charge on any atom is -0.497 e. The van der Waals surface area contributed by atoms with Gasteiger partial charge in [0.05, 0.1) is 13.7 Å². The lowest BCUT2D eigenvalue weighted by molar-refractivity contribution is -0.149. The van der Waals surface area contributed by atoms with Gasteiger partial charge in [-0.25, -0.2) is 4.79 Å². The SMILES string of the molecule is CCOC(=O)C(=Cc1ccc(OC)cc1)C(F)(F)F. The van der Waals surface area contributed by atoms with Crippen LogP contribution >= 0.6 is 0 Å². The van der Waals surface area contributed by atoms with Gasteiger partial charge in [-0.15, -0.1) is 0 Å². The second-order valence-corrected chi connectivity index (χ2v) is 3.55. The zero-order chi connectivity index (χ0) is 14.5. The molecule has 0 spiro atoms. The predicted octanol–water partition coefficient (Wildman–Crippen LogP) is 3.20. The van der Waals surface area contributed by atoms with Gasteiger partial charge in [0.15, 0.2) is 0 Å². The van der Waals surface area contributed by atoms with Crippen LogP contribution in [0.25, 0.3) is 6.08 Å². The van der Waals surface area contributed by atoms with Gasteiger partial charge >= 0.3 is 12.1 Å². The summed E-state index contributed by atoms with van der Waals surface area (Å²) in [6, 6.07) is 5.85. The lowest BCUT2D eigenvalue weighted by Gasteiger charge is -2.10. The minimum atomic E-state index is -4.76. The summed E-state index contributed by atoms with van der Waals surface area (Å²) in [5.41, 5.74) is -1.10. The average molecular weight is 274 g/mol. The summed E-state index contributed by atoms with van der Waals surface area (Å²) >= 11 is 0. The second-order valence-electron chi connectivity index (χ2n) is 3.55. The summed E-state index contributed by atoms with van der Waals surface area (Å²) in [4.78, 5) is 11.3. The number of benzene rings is 1. The molecule has 0 N–H and O–H groups in total. The maximum absolute atomic E-state index is 12.7. The van der Waals surface area contributed by atoms with Crippen LogP contribution in [0, 0.1) is 0 Å².